The molecule has 1 aliphatic carbocycles. The van der Waals surface area contributed by atoms with Crippen molar-refractivity contribution in [2.24, 2.45) is 0 Å². The Labute approximate surface area is 151 Å². The summed E-state index contributed by atoms with van der Waals surface area (Å²) in [5.74, 6) is -2.46. The number of anilines is 1. The van der Waals surface area contributed by atoms with E-state index in [4.69, 9.17) is 0 Å². The molecule has 142 valence electrons. The Bertz CT molecular complexity index is 699. The average molecular weight is 367 g/mol. The summed E-state index contributed by atoms with van der Waals surface area (Å²) in [7, 11) is 0. The Morgan fingerprint density at radius 2 is 1.69 bits per heavy atom. The second-order valence-electron chi connectivity index (χ2n) is 6.29. The largest absolute Gasteiger partial charge is 0.507 e. The van der Waals surface area contributed by atoms with Crippen LogP contribution in [0.25, 0.3) is 6.08 Å². The van der Waals surface area contributed by atoms with Crippen molar-refractivity contribution in [2.45, 2.75) is 45.7 Å². The number of benzene rings is 1. The van der Waals surface area contributed by atoms with Gasteiger partial charge in [0.25, 0.3) is 5.78 Å². The van der Waals surface area contributed by atoms with Gasteiger partial charge in [0.05, 0.1) is 0 Å². The summed E-state index contributed by atoms with van der Waals surface area (Å²) in [6.07, 6.45) is -1.84. The van der Waals surface area contributed by atoms with E-state index < -0.39 is 23.3 Å². The summed E-state index contributed by atoms with van der Waals surface area (Å²) < 4.78 is 38.3. The number of carbonyl (C=O) groups excluding carboxylic acids is 1. The molecule has 0 radical (unpaired) electrons. The number of hydrogen-bond donors (Lipinski definition) is 1. The van der Waals surface area contributed by atoms with E-state index in [0.29, 0.717) is 24.8 Å². The number of alkyl halides is 3. The van der Waals surface area contributed by atoms with Crippen LogP contribution >= 0.6 is 0 Å². The lowest BCUT2D eigenvalue weighted by molar-refractivity contribution is -0.166. The zero-order chi connectivity index (χ0) is 19.3. The maximum atomic E-state index is 12.8. The molecule has 0 atom stereocenters. The molecule has 26 heavy (non-hydrogen) atoms. The third-order valence-electron chi connectivity index (χ3n) is 4.61. The molecular formula is C20H24F3NO2. The first kappa shape index (κ1) is 20.1. The van der Waals surface area contributed by atoms with Crippen molar-refractivity contribution in [3.63, 3.8) is 0 Å². The zero-order valence-electron chi connectivity index (χ0n) is 15.1. The molecule has 0 aliphatic heterocycles. The molecule has 0 spiro atoms. The number of carbonyl (C=O) groups is 1. The Morgan fingerprint density at radius 1 is 1.12 bits per heavy atom. The molecule has 0 saturated carbocycles. The first-order valence-corrected chi connectivity index (χ1v) is 8.87. The van der Waals surface area contributed by atoms with Gasteiger partial charge in [-0.1, -0.05) is 12.1 Å². The van der Waals surface area contributed by atoms with Crippen LogP contribution in [-0.4, -0.2) is 30.2 Å². The first-order valence-electron chi connectivity index (χ1n) is 8.87. The van der Waals surface area contributed by atoms with Gasteiger partial charge in [0, 0.05) is 24.4 Å². The number of rotatable bonds is 5. The van der Waals surface area contributed by atoms with E-state index in [9.17, 15) is 23.1 Å². The topological polar surface area (TPSA) is 40.5 Å². The third kappa shape index (κ3) is 4.68. The van der Waals surface area contributed by atoms with Gasteiger partial charge in [-0.25, -0.2) is 0 Å². The number of hydrogen-bond acceptors (Lipinski definition) is 3. The molecule has 0 aromatic heterocycles. The molecule has 2 rings (SSSR count). The predicted molar refractivity (Wildman–Crippen MR) is 97.2 cm³/mol. The zero-order valence-corrected chi connectivity index (χ0v) is 15.1. The lowest BCUT2D eigenvalue weighted by atomic mass is 10.0. The van der Waals surface area contributed by atoms with Crippen molar-refractivity contribution >= 4 is 17.5 Å². The fourth-order valence-corrected chi connectivity index (χ4v) is 3.15. The number of nitrogens with zero attached hydrogens (tertiary/aromatic N) is 1. The highest BCUT2D eigenvalue weighted by Gasteiger charge is 2.42. The number of halogens is 3. The number of Topliss-reactive ketones (excluding diaryl/α,β-unsaturated/α-hetero) is 1. The fraction of sp³-hybridized carbons (Fsp3) is 0.450. The van der Waals surface area contributed by atoms with Gasteiger partial charge in [0.2, 0.25) is 0 Å². The minimum absolute atomic E-state index is 0.0532. The van der Waals surface area contributed by atoms with Crippen molar-refractivity contribution in [3.8, 4) is 0 Å². The Morgan fingerprint density at radius 3 is 2.23 bits per heavy atom. The summed E-state index contributed by atoms with van der Waals surface area (Å²) in [6, 6.07) is 7.62. The molecule has 1 N–H and O–H groups in total. The summed E-state index contributed by atoms with van der Waals surface area (Å²) in [5, 5.41) is 10.3. The second kappa shape index (κ2) is 8.43. The molecule has 0 bridgehead atoms. The molecule has 1 aromatic rings. The van der Waals surface area contributed by atoms with Gasteiger partial charge in [0.1, 0.15) is 5.76 Å². The molecule has 0 unspecified atom stereocenters. The van der Waals surface area contributed by atoms with Crippen LogP contribution in [0.5, 0.6) is 0 Å². The SMILES string of the molecule is CCN(CC)c1ccc(/C=C2\CCCCC(C(=O)C(F)(F)F)=C2O)cc1. The van der Waals surface area contributed by atoms with Crippen molar-refractivity contribution < 1.29 is 23.1 Å². The number of aliphatic hydroxyl groups is 1. The highest BCUT2D eigenvalue weighted by molar-refractivity contribution is 6.00. The molecule has 1 aliphatic rings. The molecule has 1 aromatic carbocycles. The van der Waals surface area contributed by atoms with Gasteiger partial charge in [-0.2, -0.15) is 13.2 Å². The summed E-state index contributed by atoms with van der Waals surface area (Å²) >= 11 is 0. The van der Waals surface area contributed by atoms with Gasteiger partial charge in [0.15, 0.2) is 0 Å². The van der Waals surface area contributed by atoms with Gasteiger partial charge in [-0.15, -0.1) is 0 Å². The summed E-state index contributed by atoms with van der Waals surface area (Å²) in [4.78, 5) is 13.8. The van der Waals surface area contributed by atoms with E-state index in [-0.39, 0.29) is 6.42 Å². The van der Waals surface area contributed by atoms with E-state index in [1.807, 2.05) is 24.3 Å². The molecular weight excluding hydrogens is 343 g/mol. The first-order chi connectivity index (χ1) is 12.3. The standard InChI is InChI=1S/C20H24F3NO2/c1-3-24(4-2)16-11-9-14(10-12-16)13-15-7-5-6-8-17(18(15)25)19(26)20(21,22)23/h9-13,25H,3-8H2,1-2H3/b15-13+. The van der Waals surface area contributed by atoms with Crippen LogP contribution in [0.3, 0.4) is 0 Å². The van der Waals surface area contributed by atoms with E-state index in [0.717, 1.165) is 24.3 Å². The molecule has 0 heterocycles. The van der Waals surface area contributed by atoms with Crippen LogP contribution in [-0.2, 0) is 4.79 Å². The Kier molecular flexibility index (Phi) is 6.51. The Hall–Kier alpha value is -2.24. The molecule has 3 nitrogen and oxygen atoms in total. The lowest BCUT2D eigenvalue weighted by Gasteiger charge is -2.21. The molecule has 0 saturated heterocycles. The smallest absolute Gasteiger partial charge is 0.454 e. The van der Waals surface area contributed by atoms with Crippen LogP contribution < -0.4 is 4.90 Å². The van der Waals surface area contributed by atoms with E-state index in [1.165, 1.54) is 0 Å². The second-order valence-corrected chi connectivity index (χ2v) is 6.29. The minimum Gasteiger partial charge on any atom is -0.507 e. The van der Waals surface area contributed by atoms with Crippen molar-refractivity contribution in [1.29, 1.82) is 0 Å². The van der Waals surface area contributed by atoms with Crippen LogP contribution in [0.1, 0.15) is 45.1 Å². The van der Waals surface area contributed by atoms with Crippen LogP contribution in [0.2, 0.25) is 0 Å². The summed E-state index contributed by atoms with van der Waals surface area (Å²) in [5.41, 5.74) is 1.69. The minimum atomic E-state index is -4.97. The van der Waals surface area contributed by atoms with Crippen molar-refractivity contribution in [3.05, 3.63) is 46.7 Å². The number of allylic oxidation sites excluding steroid dienone is 2. The number of ketones is 1. The maximum Gasteiger partial charge on any atom is 0.454 e. The normalized spacial score (nSPS) is 17.3. The monoisotopic (exact) mass is 367 g/mol. The van der Waals surface area contributed by atoms with E-state index >= 15 is 0 Å². The quantitative estimate of drug-likeness (QED) is 0.754. The van der Waals surface area contributed by atoms with Gasteiger partial charge >= 0.3 is 6.18 Å². The van der Waals surface area contributed by atoms with Gasteiger partial charge in [-0.05, 0) is 68.9 Å². The fourth-order valence-electron chi connectivity index (χ4n) is 3.15. The highest BCUT2D eigenvalue weighted by atomic mass is 19.4. The molecule has 0 fully saturated rings. The predicted octanol–water partition coefficient (Wildman–Crippen LogP) is 5.43. The van der Waals surface area contributed by atoms with E-state index in [1.54, 1.807) is 6.08 Å². The van der Waals surface area contributed by atoms with Crippen molar-refractivity contribution in [2.75, 3.05) is 18.0 Å². The highest BCUT2D eigenvalue weighted by Crippen LogP contribution is 2.33. The van der Waals surface area contributed by atoms with Crippen LogP contribution in [0, 0.1) is 0 Å². The Balaban J connectivity index is 2.34. The maximum absolute atomic E-state index is 12.8. The van der Waals surface area contributed by atoms with Gasteiger partial charge < -0.3 is 10.0 Å². The van der Waals surface area contributed by atoms with E-state index in [2.05, 4.69) is 18.7 Å². The van der Waals surface area contributed by atoms with Crippen LogP contribution in [0.4, 0.5) is 18.9 Å². The summed E-state index contributed by atoms with van der Waals surface area (Å²) in [6.45, 7) is 5.88. The average Bonchev–Trinajstić information content (AvgIpc) is 2.78. The van der Waals surface area contributed by atoms with Crippen molar-refractivity contribution in [1.82, 2.24) is 0 Å². The third-order valence-corrected chi connectivity index (χ3v) is 4.61. The molecule has 6 heteroatoms. The molecule has 0 amide bonds. The van der Waals surface area contributed by atoms with Gasteiger partial charge in [-0.3, -0.25) is 4.79 Å². The van der Waals surface area contributed by atoms with Crippen LogP contribution in [0.15, 0.2) is 41.2 Å². The number of aliphatic hydroxyl groups excluding tert-OH is 1. The lowest BCUT2D eigenvalue weighted by Crippen LogP contribution is -2.25.